The monoisotopic (exact) mass is 378 g/mol. The summed E-state index contributed by atoms with van der Waals surface area (Å²) in [5, 5.41) is -0.0631. The van der Waals surface area contributed by atoms with Crippen molar-refractivity contribution in [3.05, 3.63) is 65.4 Å². The van der Waals surface area contributed by atoms with Crippen LogP contribution in [0.5, 0.6) is 0 Å². The molecule has 9 heteroatoms. The second-order valence-corrected chi connectivity index (χ2v) is 7.05. The fourth-order valence-electron chi connectivity index (χ4n) is 2.11. The number of aromatic nitrogens is 2. The van der Waals surface area contributed by atoms with E-state index in [2.05, 4.69) is 14.7 Å². The maximum Gasteiger partial charge on any atom is 0.280 e. The maximum atomic E-state index is 14.0. The zero-order valence-corrected chi connectivity index (χ0v) is 14.2. The third-order valence-corrected chi connectivity index (χ3v) is 4.80. The maximum absolute atomic E-state index is 14.0. The molecule has 0 radical (unpaired) electrons. The van der Waals surface area contributed by atoms with Crippen molar-refractivity contribution in [3.8, 4) is 11.3 Å². The van der Waals surface area contributed by atoms with Gasteiger partial charge in [-0.05, 0) is 36.4 Å². The van der Waals surface area contributed by atoms with Crippen molar-refractivity contribution in [1.82, 2.24) is 9.97 Å². The molecule has 3 N–H and O–H groups in total. The van der Waals surface area contributed by atoms with E-state index in [1.807, 2.05) is 0 Å². The Kier molecular flexibility index (Phi) is 4.56. The summed E-state index contributed by atoms with van der Waals surface area (Å²) in [4.78, 5) is 7.88. The average molecular weight is 379 g/mol. The summed E-state index contributed by atoms with van der Waals surface area (Å²) in [5.41, 5.74) is 5.80. The number of hydrogen-bond donors (Lipinski definition) is 2. The molecule has 0 bridgehead atoms. The van der Waals surface area contributed by atoms with Gasteiger partial charge in [0.2, 0.25) is 0 Å². The molecule has 0 aliphatic carbocycles. The highest BCUT2D eigenvalue weighted by molar-refractivity contribution is 7.92. The van der Waals surface area contributed by atoms with E-state index in [1.54, 1.807) is 6.07 Å². The Hall–Kier alpha value is -2.71. The van der Waals surface area contributed by atoms with Crippen LogP contribution in [0.25, 0.3) is 11.3 Å². The van der Waals surface area contributed by atoms with Crippen molar-refractivity contribution in [2.45, 2.75) is 5.03 Å². The number of nitrogens with zero attached hydrogens (tertiary/aromatic N) is 2. The molecule has 1 aromatic carbocycles. The van der Waals surface area contributed by atoms with Crippen LogP contribution in [-0.2, 0) is 10.0 Å². The van der Waals surface area contributed by atoms with Crippen molar-refractivity contribution in [3.63, 3.8) is 0 Å². The zero-order chi connectivity index (χ0) is 18.0. The minimum absolute atomic E-state index is 0.0214. The molecule has 0 atom stereocenters. The zero-order valence-electron chi connectivity index (χ0n) is 12.6. The third-order valence-electron chi connectivity index (χ3n) is 3.23. The quantitative estimate of drug-likeness (QED) is 0.725. The second-order valence-electron chi connectivity index (χ2n) is 5.01. The standard InChI is InChI=1S/C16H12ClFN4O2S/c17-11-8-9-14(21-16(11)10-4-1-2-5-12(10)18)22-25(23,24)15-7-3-6-13(19)20-15/h1-9H,(H2,19,20)(H,21,22). The molecule has 3 aromatic rings. The Morgan fingerprint density at radius 1 is 1.00 bits per heavy atom. The van der Waals surface area contributed by atoms with Gasteiger partial charge in [0.1, 0.15) is 17.5 Å². The molecule has 6 nitrogen and oxygen atoms in total. The highest BCUT2D eigenvalue weighted by atomic mass is 35.5. The van der Waals surface area contributed by atoms with Gasteiger partial charge in [0.15, 0.2) is 5.03 Å². The van der Waals surface area contributed by atoms with Gasteiger partial charge in [-0.1, -0.05) is 29.8 Å². The molecule has 3 rings (SSSR count). The first-order valence-corrected chi connectivity index (χ1v) is 8.90. The van der Waals surface area contributed by atoms with E-state index in [4.69, 9.17) is 17.3 Å². The topological polar surface area (TPSA) is 98.0 Å². The van der Waals surface area contributed by atoms with E-state index in [0.29, 0.717) is 0 Å². The summed E-state index contributed by atoms with van der Waals surface area (Å²) in [7, 11) is -4.00. The summed E-state index contributed by atoms with van der Waals surface area (Å²) in [6, 6.07) is 13.0. The molecule has 0 aliphatic rings. The molecular formula is C16H12ClFN4O2S. The molecule has 2 heterocycles. The molecule has 128 valence electrons. The minimum Gasteiger partial charge on any atom is -0.384 e. The summed E-state index contributed by atoms with van der Waals surface area (Å²) >= 11 is 6.08. The predicted octanol–water partition coefficient (Wildman–Crippen LogP) is 3.32. The number of nitrogen functional groups attached to an aromatic ring is 1. The largest absolute Gasteiger partial charge is 0.384 e. The number of halogens is 2. The van der Waals surface area contributed by atoms with E-state index in [-0.39, 0.29) is 32.9 Å². The fourth-order valence-corrected chi connectivity index (χ4v) is 3.30. The number of pyridine rings is 2. The molecule has 0 saturated carbocycles. The van der Waals surface area contributed by atoms with Crippen LogP contribution in [0.2, 0.25) is 5.02 Å². The van der Waals surface area contributed by atoms with Crippen LogP contribution < -0.4 is 10.5 Å². The number of rotatable bonds is 4. The molecule has 0 unspecified atom stereocenters. The van der Waals surface area contributed by atoms with E-state index in [0.717, 1.165) is 0 Å². The van der Waals surface area contributed by atoms with Crippen LogP contribution in [0.3, 0.4) is 0 Å². The lowest BCUT2D eigenvalue weighted by atomic mass is 10.1. The normalized spacial score (nSPS) is 11.3. The van der Waals surface area contributed by atoms with E-state index < -0.39 is 15.8 Å². The number of nitrogens with one attached hydrogen (secondary N) is 1. The van der Waals surface area contributed by atoms with E-state index >= 15 is 0 Å². The lowest BCUT2D eigenvalue weighted by Crippen LogP contribution is -2.16. The van der Waals surface area contributed by atoms with Gasteiger partial charge in [-0.3, -0.25) is 4.72 Å². The smallest absolute Gasteiger partial charge is 0.280 e. The highest BCUT2D eigenvalue weighted by Crippen LogP contribution is 2.29. The van der Waals surface area contributed by atoms with Gasteiger partial charge in [0.05, 0.1) is 10.7 Å². The Labute approximate surface area is 148 Å². The number of nitrogens with two attached hydrogens (primary N) is 1. The molecular weight excluding hydrogens is 367 g/mol. The van der Waals surface area contributed by atoms with Gasteiger partial charge in [-0.15, -0.1) is 0 Å². The minimum atomic E-state index is -4.00. The number of anilines is 2. The lowest BCUT2D eigenvalue weighted by molar-refractivity contribution is 0.597. The van der Waals surface area contributed by atoms with Gasteiger partial charge in [-0.25, -0.2) is 14.4 Å². The number of sulfonamides is 1. The summed E-state index contributed by atoms with van der Waals surface area (Å²) in [5.74, 6) is -0.472. The van der Waals surface area contributed by atoms with Crippen LogP contribution in [-0.4, -0.2) is 18.4 Å². The summed E-state index contributed by atoms with van der Waals surface area (Å²) in [6.07, 6.45) is 0. The van der Waals surface area contributed by atoms with Crippen molar-refractivity contribution >= 4 is 33.3 Å². The molecule has 0 spiro atoms. The molecule has 2 aromatic heterocycles. The van der Waals surface area contributed by atoms with Gasteiger partial charge in [0, 0.05) is 5.56 Å². The second kappa shape index (κ2) is 6.66. The SMILES string of the molecule is Nc1cccc(S(=O)(=O)Nc2ccc(Cl)c(-c3ccccc3F)n2)n1. The van der Waals surface area contributed by atoms with Gasteiger partial charge < -0.3 is 5.73 Å². The Morgan fingerprint density at radius 3 is 2.48 bits per heavy atom. The average Bonchev–Trinajstić information content (AvgIpc) is 2.57. The van der Waals surface area contributed by atoms with E-state index in [9.17, 15) is 12.8 Å². The van der Waals surface area contributed by atoms with Crippen LogP contribution in [0, 0.1) is 5.82 Å². The highest BCUT2D eigenvalue weighted by Gasteiger charge is 2.18. The van der Waals surface area contributed by atoms with E-state index in [1.165, 1.54) is 48.5 Å². The van der Waals surface area contributed by atoms with Crippen molar-refractivity contribution < 1.29 is 12.8 Å². The fraction of sp³-hybridized carbons (Fsp3) is 0. The van der Waals surface area contributed by atoms with Gasteiger partial charge in [0.25, 0.3) is 10.0 Å². The first kappa shape index (κ1) is 17.1. The molecule has 0 aliphatic heterocycles. The molecule has 0 amide bonds. The third kappa shape index (κ3) is 3.70. The van der Waals surface area contributed by atoms with Gasteiger partial charge in [-0.2, -0.15) is 8.42 Å². The van der Waals surface area contributed by atoms with Crippen molar-refractivity contribution in [1.29, 1.82) is 0 Å². The summed E-state index contributed by atoms with van der Waals surface area (Å²) in [6.45, 7) is 0. The Balaban J connectivity index is 2.00. The van der Waals surface area contributed by atoms with Crippen LogP contribution in [0.1, 0.15) is 0 Å². The molecule has 25 heavy (non-hydrogen) atoms. The van der Waals surface area contributed by atoms with Crippen molar-refractivity contribution in [2.75, 3.05) is 10.5 Å². The first-order valence-electron chi connectivity index (χ1n) is 7.03. The lowest BCUT2D eigenvalue weighted by Gasteiger charge is -2.10. The summed E-state index contributed by atoms with van der Waals surface area (Å²) < 4.78 is 41.0. The number of hydrogen-bond acceptors (Lipinski definition) is 5. The van der Waals surface area contributed by atoms with Crippen LogP contribution in [0.4, 0.5) is 16.0 Å². The van der Waals surface area contributed by atoms with Gasteiger partial charge >= 0.3 is 0 Å². The number of benzene rings is 1. The Morgan fingerprint density at radius 2 is 1.76 bits per heavy atom. The molecule has 0 fully saturated rings. The predicted molar refractivity (Wildman–Crippen MR) is 94.1 cm³/mol. The van der Waals surface area contributed by atoms with Crippen LogP contribution >= 0.6 is 11.6 Å². The van der Waals surface area contributed by atoms with Crippen LogP contribution in [0.15, 0.2) is 59.6 Å². The van der Waals surface area contributed by atoms with Crippen molar-refractivity contribution in [2.24, 2.45) is 0 Å². The first-order chi connectivity index (χ1) is 11.9. The molecule has 0 saturated heterocycles. The Bertz CT molecular complexity index is 1040.